The number of aromatic nitrogens is 3. The van der Waals surface area contributed by atoms with Crippen LogP contribution in [0.2, 0.25) is 0 Å². The van der Waals surface area contributed by atoms with Crippen LogP contribution in [0.15, 0.2) is 43.0 Å². The molecule has 0 spiro atoms. The van der Waals surface area contributed by atoms with E-state index in [4.69, 9.17) is 0 Å². The van der Waals surface area contributed by atoms with Gasteiger partial charge in [0.15, 0.2) is 0 Å². The van der Waals surface area contributed by atoms with E-state index in [-0.39, 0.29) is 5.82 Å². The molecule has 0 atom stereocenters. The topological polar surface area (TPSA) is 53.9 Å². The number of rotatable bonds is 4. The van der Waals surface area contributed by atoms with Crippen molar-refractivity contribution in [2.75, 3.05) is 29.9 Å². The Hall–Kier alpha value is -2.51. The van der Waals surface area contributed by atoms with Crippen LogP contribution in [0, 0.1) is 5.82 Å². The van der Waals surface area contributed by atoms with Gasteiger partial charge in [0.05, 0.1) is 11.9 Å². The van der Waals surface area contributed by atoms with E-state index in [1.165, 1.54) is 68.1 Å². The van der Waals surface area contributed by atoms with E-state index in [0.29, 0.717) is 6.04 Å². The van der Waals surface area contributed by atoms with Crippen LogP contribution in [-0.4, -0.2) is 56.5 Å². The summed E-state index contributed by atoms with van der Waals surface area (Å²) in [6, 6.07) is 9.02. The molecule has 7 heteroatoms. The molecule has 0 unspecified atom stereocenters. The fourth-order valence-electron chi connectivity index (χ4n) is 5.56. The van der Waals surface area contributed by atoms with Crippen molar-refractivity contribution in [2.24, 2.45) is 0 Å². The lowest BCUT2D eigenvalue weighted by Crippen LogP contribution is -2.44. The van der Waals surface area contributed by atoms with E-state index < -0.39 is 0 Å². The third kappa shape index (κ3) is 4.24. The van der Waals surface area contributed by atoms with E-state index in [1.54, 1.807) is 12.5 Å². The maximum Gasteiger partial charge on any atom is 0.142 e. The molecule has 3 aromatic rings. The van der Waals surface area contributed by atoms with Gasteiger partial charge in [0.1, 0.15) is 18.0 Å². The molecule has 1 aliphatic heterocycles. The van der Waals surface area contributed by atoms with Gasteiger partial charge in [-0.15, -0.1) is 0 Å². The molecular formula is C26H28FN5S. The molecule has 1 saturated carbocycles. The van der Waals surface area contributed by atoms with Gasteiger partial charge in [-0.25, -0.2) is 14.4 Å². The van der Waals surface area contributed by atoms with Gasteiger partial charge in [0.2, 0.25) is 0 Å². The third-order valence-electron chi connectivity index (χ3n) is 7.30. The molecule has 1 aromatic carbocycles. The SMILES string of the molecule is Fc1cncc(-c2ccc3c(c2)-c2c(ncnc2NC2CCC(N4CCSCC4)CC2)C3)c1. The van der Waals surface area contributed by atoms with Crippen molar-refractivity contribution in [1.82, 2.24) is 19.9 Å². The van der Waals surface area contributed by atoms with E-state index in [0.717, 1.165) is 46.2 Å². The first-order valence-electron chi connectivity index (χ1n) is 11.9. The Bertz CT molecular complexity index is 1160. The summed E-state index contributed by atoms with van der Waals surface area (Å²) >= 11 is 2.08. The molecule has 3 heterocycles. The smallest absolute Gasteiger partial charge is 0.142 e. The Morgan fingerprint density at radius 2 is 1.82 bits per heavy atom. The number of hydrogen-bond donors (Lipinski definition) is 1. The number of thioether (sulfide) groups is 1. The highest BCUT2D eigenvalue weighted by molar-refractivity contribution is 7.99. The highest BCUT2D eigenvalue weighted by Gasteiger charge is 2.29. The molecule has 170 valence electrons. The van der Waals surface area contributed by atoms with Gasteiger partial charge in [-0.3, -0.25) is 9.88 Å². The van der Waals surface area contributed by atoms with E-state index in [2.05, 4.69) is 49.1 Å². The number of nitrogens with one attached hydrogen (secondary N) is 1. The van der Waals surface area contributed by atoms with Crippen molar-refractivity contribution in [3.63, 3.8) is 0 Å². The maximum absolute atomic E-state index is 13.7. The number of benzene rings is 1. The standard InChI is InChI=1S/C26H28FN5S/c27-20-11-19(14-28-15-20)17-1-2-18-13-24-25(23(18)12-17)26(30-16-29-24)31-21-3-5-22(6-4-21)32-7-9-33-10-8-32/h1-2,11-12,14-16,21-22H,3-10,13H2,(H,29,30,31). The van der Waals surface area contributed by atoms with Gasteiger partial charge < -0.3 is 5.32 Å². The highest BCUT2D eigenvalue weighted by atomic mass is 32.2. The second-order valence-electron chi connectivity index (χ2n) is 9.28. The molecule has 2 aliphatic carbocycles. The summed E-state index contributed by atoms with van der Waals surface area (Å²) in [6.07, 6.45) is 10.3. The summed E-state index contributed by atoms with van der Waals surface area (Å²) < 4.78 is 13.7. The molecule has 0 bridgehead atoms. The van der Waals surface area contributed by atoms with Crippen LogP contribution in [0.1, 0.15) is 36.9 Å². The van der Waals surface area contributed by atoms with E-state index >= 15 is 0 Å². The number of pyridine rings is 1. The number of halogens is 1. The molecule has 0 amide bonds. The normalized spacial score (nSPS) is 22.6. The lowest BCUT2D eigenvalue weighted by atomic mass is 9.90. The van der Waals surface area contributed by atoms with Crippen LogP contribution < -0.4 is 5.32 Å². The molecule has 5 nitrogen and oxygen atoms in total. The minimum Gasteiger partial charge on any atom is -0.367 e. The zero-order chi connectivity index (χ0) is 22.2. The zero-order valence-corrected chi connectivity index (χ0v) is 19.5. The molecule has 33 heavy (non-hydrogen) atoms. The van der Waals surface area contributed by atoms with Crippen LogP contribution in [0.25, 0.3) is 22.3 Å². The minimum absolute atomic E-state index is 0.321. The van der Waals surface area contributed by atoms with Crippen molar-refractivity contribution >= 4 is 17.6 Å². The van der Waals surface area contributed by atoms with Gasteiger partial charge in [-0.1, -0.05) is 12.1 Å². The number of hydrogen-bond acceptors (Lipinski definition) is 6. The van der Waals surface area contributed by atoms with Crippen molar-refractivity contribution in [3.8, 4) is 22.3 Å². The maximum atomic E-state index is 13.7. The first-order chi connectivity index (χ1) is 16.2. The molecule has 2 fully saturated rings. The van der Waals surface area contributed by atoms with Gasteiger partial charge in [0.25, 0.3) is 0 Å². The Morgan fingerprint density at radius 3 is 2.64 bits per heavy atom. The van der Waals surface area contributed by atoms with Gasteiger partial charge in [0, 0.05) is 60.4 Å². The fourth-order valence-corrected chi connectivity index (χ4v) is 6.49. The second-order valence-corrected chi connectivity index (χ2v) is 10.5. The average Bonchev–Trinajstić information content (AvgIpc) is 3.24. The van der Waals surface area contributed by atoms with Gasteiger partial charge >= 0.3 is 0 Å². The van der Waals surface area contributed by atoms with Crippen molar-refractivity contribution in [2.45, 2.75) is 44.2 Å². The monoisotopic (exact) mass is 461 g/mol. The van der Waals surface area contributed by atoms with Crippen LogP contribution in [0.5, 0.6) is 0 Å². The van der Waals surface area contributed by atoms with E-state index in [9.17, 15) is 4.39 Å². The van der Waals surface area contributed by atoms with Crippen molar-refractivity contribution in [1.29, 1.82) is 0 Å². The highest BCUT2D eigenvalue weighted by Crippen LogP contribution is 2.42. The number of fused-ring (bicyclic) bond motifs is 3. The molecule has 1 saturated heterocycles. The lowest BCUT2D eigenvalue weighted by Gasteiger charge is -2.39. The minimum atomic E-state index is -0.321. The second kappa shape index (κ2) is 9.03. The van der Waals surface area contributed by atoms with Crippen LogP contribution >= 0.6 is 11.8 Å². The lowest BCUT2D eigenvalue weighted by molar-refractivity contribution is 0.166. The Balaban J connectivity index is 1.22. The molecule has 1 N–H and O–H groups in total. The molecule has 6 rings (SSSR count). The van der Waals surface area contributed by atoms with Crippen LogP contribution in [-0.2, 0) is 6.42 Å². The van der Waals surface area contributed by atoms with Crippen molar-refractivity contribution in [3.05, 3.63) is 60.1 Å². The number of nitrogens with zero attached hydrogens (tertiary/aromatic N) is 4. The van der Waals surface area contributed by atoms with E-state index in [1.807, 2.05) is 6.07 Å². The predicted octanol–water partition coefficient (Wildman–Crippen LogP) is 5.02. The Morgan fingerprint density at radius 1 is 0.970 bits per heavy atom. The molecule has 3 aliphatic rings. The molecular weight excluding hydrogens is 433 g/mol. The van der Waals surface area contributed by atoms with Crippen LogP contribution in [0.4, 0.5) is 10.2 Å². The number of anilines is 1. The first-order valence-corrected chi connectivity index (χ1v) is 13.1. The third-order valence-corrected chi connectivity index (χ3v) is 8.24. The summed E-state index contributed by atoms with van der Waals surface area (Å²) in [4.78, 5) is 16.0. The summed E-state index contributed by atoms with van der Waals surface area (Å²) in [7, 11) is 0. The summed E-state index contributed by atoms with van der Waals surface area (Å²) in [6.45, 7) is 2.49. The van der Waals surface area contributed by atoms with Gasteiger partial charge in [-0.2, -0.15) is 11.8 Å². The zero-order valence-electron chi connectivity index (χ0n) is 18.6. The average molecular weight is 462 g/mol. The Kier molecular flexibility index (Phi) is 5.76. The summed E-state index contributed by atoms with van der Waals surface area (Å²) in [5, 5.41) is 3.77. The van der Waals surface area contributed by atoms with Gasteiger partial charge in [-0.05, 0) is 54.5 Å². The summed E-state index contributed by atoms with van der Waals surface area (Å²) in [5.41, 5.74) is 6.31. The quantitative estimate of drug-likeness (QED) is 0.461. The molecule has 2 aromatic heterocycles. The Labute approximate surface area is 198 Å². The summed E-state index contributed by atoms with van der Waals surface area (Å²) in [5.74, 6) is 3.17. The van der Waals surface area contributed by atoms with Crippen LogP contribution in [0.3, 0.4) is 0 Å². The molecule has 0 radical (unpaired) electrons. The first kappa shape index (κ1) is 21.1. The fraction of sp³-hybridized carbons (Fsp3) is 0.423. The predicted molar refractivity (Wildman–Crippen MR) is 132 cm³/mol. The van der Waals surface area contributed by atoms with Crippen molar-refractivity contribution < 1.29 is 4.39 Å². The largest absolute Gasteiger partial charge is 0.367 e.